The number of hydrogen-bond donors (Lipinski definition) is 1. The van der Waals surface area contributed by atoms with Gasteiger partial charge in [0, 0.05) is 18.8 Å². The Kier molecular flexibility index (Phi) is 7.36. The highest BCUT2D eigenvalue weighted by atomic mass is 16.5. The molecule has 1 amide bonds. The second-order valence-electron chi connectivity index (χ2n) is 7.93. The van der Waals surface area contributed by atoms with Crippen LogP contribution in [0.2, 0.25) is 0 Å². The molecule has 1 unspecified atom stereocenters. The van der Waals surface area contributed by atoms with E-state index in [2.05, 4.69) is 17.1 Å². The third-order valence-corrected chi connectivity index (χ3v) is 5.83. The molecule has 2 aliphatic heterocycles. The maximum Gasteiger partial charge on any atom is 0.239 e. The molecule has 8 nitrogen and oxygen atoms in total. The lowest BCUT2D eigenvalue weighted by atomic mass is 9.90. The van der Waals surface area contributed by atoms with Gasteiger partial charge >= 0.3 is 0 Å². The minimum absolute atomic E-state index is 0.101. The van der Waals surface area contributed by atoms with Crippen LogP contribution in [0.4, 0.5) is 11.4 Å². The van der Waals surface area contributed by atoms with E-state index in [1.54, 1.807) is 14.2 Å². The number of benzene rings is 2. The lowest BCUT2D eigenvalue weighted by molar-refractivity contribution is -0.121. The number of amides is 1. The highest BCUT2D eigenvalue weighted by Crippen LogP contribution is 2.37. The van der Waals surface area contributed by atoms with Crippen molar-refractivity contribution in [1.29, 1.82) is 0 Å². The molecular formula is C25H30N4O4. The average Bonchev–Trinajstić information content (AvgIpc) is 3.00. The second kappa shape index (κ2) is 10.6. The zero-order chi connectivity index (χ0) is 23.2. The molecular weight excluding hydrogens is 420 g/mol. The van der Waals surface area contributed by atoms with Crippen LogP contribution in [0.1, 0.15) is 24.8 Å². The van der Waals surface area contributed by atoms with Crippen molar-refractivity contribution in [2.45, 2.75) is 19.3 Å². The first kappa shape index (κ1) is 22.9. The molecule has 4 rings (SSSR count). The summed E-state index contributed by atoms with van der Waals surface area (Å²) in [7, 11) is 3.22. The van der Waals surface area contributed by atoms with Crippen LogP contribution < -0.4 is 14.8 Å². The molecule has 1 fully saturated rings. The number of rotatable bonds is 6. The van der Waals surface area contributed by atoms with E-state index in [0.29, 0.717) is 43.5 Å². The average molecular weight is 451 g/mol. The van der Waals surface area contributed by atoms with E-state index in [9.17, 15) is 4.79 Å². The van der Waals surface area contributed by atoms with E-state index in [-0.39, 0.29) is 11.8 Å². The van der Waals surface area contributed by atoms with Gasteiger partial charge in [0.1, 0.15) is 5.84 Å². The van der Waals surface area contributed by atoms with Crippen molar-refractivity contribution < 1.29 is 19.0 Å². The molecule has 0 bridgehead atoms. The van der Waals surface area contributed by atoms with Crippen molar-refractivity contribution in [3.05, 3.63) is 48.0 Å². The van der Waals surface area contributed by atoms with Crippen LogP contribution in [-0.4, -0.2) is 69.4 Å². The summed E-state index contributed by atoms with van der Waals surface area (Å²) in [5.74, 6) is 1.40. The van der Waals surface area contributed by atoms with E-state index < -0.39 is 0 Å². The first-order chi connectivity index (χ1) is 16.1. The lowest BCUT2D eigenvalue weighted by Crippen LogP contribution is -2.46. The predicted molar refractivity (Wildman–Crippen MR) is 129 cm³/mol. The van der Waals surface area contributed by atoms with Gasteiger partial charge in [0.2, 0.25) is 5.91 Å². The molecule has 1 atom stereocenters. The zero-order valence-electron chi connectivity index (χ0n) is 19.3. The number of carbonyl (C=O) groups excluding carboxylic acids is 1. The minimum atomic E-state index is -0.323. The van der Waals surface area contributed by atoms with Gasteiger partial charge in [-0.1, -0.05) is 25.1 Å². The molecule has 1 saturated heterocycles. The van der Waals surface area contributed by atoms with Gasteiger partial charge in [-0.2, -0.15) is 0 Å². The number of methoxy groups -OCH3 is 2. The Bertz CT molecular complexity index is 1060. The summed E-state index contributed by atoms with van der Waals surface area (Å²) in [5, 5.41) is 3.10. The molecule has 2 aromatic rings. The van der Waals surface area contributed by atoms with E-state index in [1.165, 1.54) is 0 Å². The normalized spacial score (nSPS) is 18.5. The highest BCUT2D eigenvalue weighted by molar-refractivity contribution is 6.18. The fourth-order valence-electron chi connectivity index (χ4n) is 4.14. The number of aliphatic imine (C=N–C) groups is 2. The minimum Gasteiger partial charge on any atom is -0.493 e. The summed E-state index contributed by atoms with van der Waals surface area (Å²) in [5.41, 5.74) is 3.36. The molecule has 0 saturated carbocycles. The SMILES string of the molecule is CCC1=Nc2ccccc2N=C(NC(=O)CN2CCOCC2)C1c1ccc(OC)c(OC)c1. The van der Waals surface area contributed by atoms with Gasteiger partial charge in [0.05, 0.1) is 51.3 Å². The number of morpholine rings is 1. The third kappa shape index (κ3) is 5.23. The van der Waals surface area contributed by atoms with Gasteiger partial charge in [-0.15, -0.1) is 0 Å². The molecule has 2 aliphatic rings. The van der Waals surface area contributed by atoms with E-state index in [0.717, 1.165) is 35.7 Å². The maximum absolute atomic E-state index is 13.0. The van der Waals surface area contributed by atoms with Crippen LogP contribution in [0.3, 0.4) is 0 Å². The van der Waals surface area contributed by atoms with Crippen molar-refractivity contribution in [3.63, 3.8) is 0 Å². The van der Waals surface area contributed by atoms with Gasteiger partial charge in [0.25, 0.3) is 0 Å². The fourth-order valence-corrected chi connectivity index (χ4v) is 4.14. The summed E-state index contributed by atoms with van der Waals surface area (Å²) in [6.45, 7) is 5.12. The largest absolute Gasteiger partial charge is 0.493 e. The Morgan fingerprint density at radius 2 is 1.76 bits per heavy atom. The first-order valence-electron chi connectivity index (χ1n) is 11.2. The quantitative estimate of drug-likeness (QED) is 0.729. The molecule has 2 heterocycles. The molecule has 1 N–H and O–H groups in total. The van der Waals surface area contributed by atoms with Gasteiger partial charge in [-0.3, -0.25) is 14.7 Å². The summed E-state index contributed by atoms with van der Waals surface area (Å²) >= 11 is 0. The number of nitrogens with one attached hydrogen (secondary N) is 1. The fraction of sp³-hybridized carbons (Fsp3) is 0.400. The number of para-hydroxylation sites is 2. The smallest absolute Gasteiger partial charge is 0.239 e. The van der Waals surface area contributed by atoms with Crippen molar-refractivity contribution in [1.82, 2.24) is 10.2 Å². The van der Waals surface area contributed by atoms with Gasteiger partial charge < -0.3 is 19.5 Å². The Morgan fingerprint density at radius 1 is 1.06 bits per heavy atom. The number of ether oxygens (including phenoxy) is 3. The van der Waals surface area contributed by atoms with Crippen LogP contribution in [0.5, 0.6) is 11.5 Å². The molecule has 2 aromatic carbocycles. The van der Waals surface area contributed by atoms with Gasteiger partial charge in [-0.05, 0) is 36.2 Å². The second-order valence-corrected chi connectivity index (χ2v) is 7.93. The van der Waals surface area contributed by atoms with Crippen molar-refractivity contribution in [2.75, 3.05) is 47.1 Å². The van der Waals surface area contributed by atoms with Crippen LogP contribution in [0.15, 0.2) is 52.4 Å². The van der Waals surface area contributed by atoms with E-state index in [1.807, 2.05) is 42.5 Å². The maximum atomic E-state index is 13.0. The first-order valence-corrected chi connectivity index (χ1v) is 11.2. The highest BCUT2D eigenvalue weighted by Gasteiger charge is 2.29. The van der Waals surface area contributed by atoms with Crippen LogP contribution in [-0.2, 0) is 9.53 Å². The van der Waals surface area contributed by atoms with Gasteiger partial charge in [0.15, 0.2) is 11.5 Å². The predicted octanol–water partition coefficient (Wildman–Crippen LogP) is 3.46. The summed E-state index contributed by atoms with van der Waals surface area (Å²) in [6, 6.07) is 13.5. The molecule has 33 heavy (non-hydrogen) atoms. The number of amidine groups is 1. The van der Waals surface area contributed by atoms with Crippen molar-refractivity contribution in [3.8, 4) is 11.5 Å². The van der Waals surface area contributed by atoms with Crippen molar-refractivity contribution >= 4 is 28.8 Å². The lowest BCUT2D eigenvalue weighted by Gasteiger charge is -2.27. The summed E-state index contributed by atoms with van der Waals surface area (Å²) < 4.78 is 16.3. The third-order valence-electron chi connectivity index (χ3n) is 5.83. The summed E-state index contributed by atoms with van der Waals surface area (Å²) in [4.78, 5) is 24.9. The van der Waals surface area contributed by atoms with E-state index >= 15 is 0 Å². The number of nitrogens with zero attached hydrogens (tertiary/aromatic N) is 3. The summed E-state index contributed by atoms with van der Waals surface area (Å²) in [6.07, 6.45) is 0.700. The molecule has 0 aromatic heterocycles. The molecule has 0 aliphatic carbocycles. The van der Waals surface area contributed by atoms with Crippen molar-refractivity contribution in [2.24, 2.45) is 9.98 Å². The standard InChI is InChI=1S/C25H30N4O4/c1-4-18-24(17-9-10-21(31-2)22(15-17)32-3)25(27-20-8-6-5-7-19(20)26-18)28-23(30)16-29-11-13-33-14-12-29/h5-10,15,24H,4,11-14,16H2,1-3H3,(H,27,28,30). The van der Waals surface area contributed by atoms with Crippen LogP contribution in [0, 0.1) is 0 Å². The molecule has 0 spiro atoms. The number of hydrogen-bond acceptors (Lipinski definition) is 7. The number of fused-ring (bicyclic) bond motifs is 1. The number of carbonyl (C=O) groups is 1. The Hall–Kier alpha value is -3.23. The van der Waals surface area contributed by atoms with E-state index in [4.69, 9.17) is 24.2 Å². The Balaban J connectivity index is 1.73. The monoisotopic (exact) mass is 450 g/mol. The molecule has 174 valence electrons. The van der Waals surface area contributed by atoms with Crippen LogP contribution in [0.25, 0.3) is 0 Å². The Morgan fingerprint density at radius 3 is 2.42 bits per heavy atom. The zero-order valence-corrected chi connectivity index (χ0v) is 19.3. The molecule has 8 heteroatoms. The molecule has 0 radical (unpaired) electrons. The topological polar surface area (TPSA) is 84.8 Å². The van der Waals surface area contributed by atoms with Gasteiger partial charge in [-0.25, -0.2) is 4.99 Å². The van der Waals surface area contributed by atoms with Crippen LogP contribution >= 0.6 is 0 Å². The Labute approximate surface area is 194 Å².